The summed E-state index contributed by atoms with van der Waals surface area (Å²) in [5, 5.41) is 13.0. The van der Waals surface area contributed by atoms with Crippen LogP contribution in [0, 0.1) is 5.92 Å². The number of carbonyl (C=O) groups excluding carboxylic acids is 2. The number of imidazole rings is 1. The van der Waals surface area contributed by atoms with Crippen molar-refractivity contribution in [3.63, 3.8) is 0 Å². The fourth-order valence-electron chi connectivity index (χ4n) is 5.92. The molecule has 5 rings (SSSR count). The summed E-state index contributed by atoms with van der Waals surface area (Å²) in [6, 6.07) is 8.23. The summed E-state index contributed by atoms with van der Waals surface area (Å²) in [5.41, 5.74) is -0.574. The van der Waals surface area contributed by atoms with Crippen LogP contribution in [0.25, 0.3) is 11.1 Å². The van der Waals surface area contributed by atoms with Crippen molar-refractivity contribution in [1.29, 1.82) is 0 Å². The van der Waals surface area contributed by atoms with E-state index in [9.17, 15) is 27.6 Å². The van der Waals surface area contributed by atoms with Gasteiger partial charge >= 0.3 is 18.2 Å². The number of aliphatic carboxylic acids is 1. The van der Waals surface area contributed by atoms with Gasteiger partial charge in [0.2, 0.25) is 5.62 Å². The van der Waals surface area contributed by atoms with Crippen molar-refractivity contribution in [3.05, 3.63) is 81.9 Å². The number of ether oxygens (including phenoxy) is 3. The van der Waals surface area contributed by atoms with Crippen LogP contribution in [0.1, 0.15) is 74.1 Å². The summed E-state index contributed by atoms with van der Waals surface area (Å²) in [6.45, 7) is 7.17. The molecule has 1 aliphatic heterocycles. The van der Waals surface area contributed by atoms with Gasteiger partial charge in [0, 0.05) is 49.7 Å². The molecule has 1 unspecified atom stereocenters. The van der Waals surface area contributed by atoms with Gasteiger partial charge in [0.1, 0.15) is 17.1 Å². The van der Waals surface area contributed by atoms with Crippen LogP contribution >= 0.6 is 11.6 Å². The molecule has 2 aromatic heterocycles. The number of ketones is 1. The van der Waals surface area contributed by atoms with Crippen molar-refractivity contribution >= 4 is 29.4 Å². The molecule has 0 saturated heterocycles. The third-order valence-electron chi connectivity index (χ3n) is 8.36. The number of hydrogen-bond donors (Lipinski definition) is 1. The highest BCUT2D eigenvalue weighted by Gasteiger charge is 2.40. The number of alkyl halides is 3. The van der Waals surface area contributed by atoms with E-state index in [1.54, 1.807) is 80.5 Å². The fourth-order valence-corrected chi connectivity index (χ4v) is 6.09. The van der Waals surface area contributed by atoms with Crippen LogP contribution in [0.5, 0.6) is 11.5 Å². The first-order valence-corrected chi connectivity index (χ1v) is 17.4. The maximum atomic E-state index is 14.4. The quantitative estimate of drug-likeness (QED) is 0.148. The molecule has 1 N–H and O–H groups in total. The highest BCUT2D eigenvalue weighted by Crippen LogP contribution is 2.44. The first-order chi connectivity index (χ1) is 24.9. The molecule has 3 heterocycles. The minimum Gasteiger partial charge on any atom is -0.492 e. The summed E-state index contributed by atoms with van der Waals surface area (Å²) in [7, 11) is 1.68. The minimum atomic E-state index is -4.79. The van der Waals surface area contributed by atoms with E-state index in [2.05, 4.69) is 10.1 Å². The standard InChI is InChI=1S/C37H41ClF3N5O7/c1-6-46-20-27(33(43-46)37(39,40)41)25-16-23(19-45-13-12-44(5)34(45)42-35(50)53-36(2,3)4)17-26-31(49)24(21-52-32(25)26)15-22-10-11-28(38)29(18-22)51-14-8-7-9-30(47)48/h10-13,16-18,20,24H,6-9,14-15,19,21H2,1-5H3,(H,47,48)/b42-34-. The SMILES string of the molecule is CCn1cc(-c2cc(Cn3ccn(C)/c3=N/C(=O)OC(C)(C)C)cc3c2OCC(Cc2ccc(Cl)c(OCCCCC(=O)O)c2)C3=O)c(C(F)(F)F)n1. The summed E-state index contributed by atoms with van der Waals surface area (Å²) in [4.78, 5) is 41.8. The number of hydrogen-bond acceptors (Lipinski definition) is 7. The van der Waals surface area contributed by atoms with E-state index in [1.807, 2.05) is 0 Å². The first kappa shape index (κ1) is 39.2. The zero-order valence-corrected chi connectivity index (χ0v) is 30.8. The van der Waals surface area contributed by atoms with Crippen LogP contribution in [0.3, 0.4) is 0 Å². The zero-order chi connectivity index (χ0) is 38.7. The van der Waals surface area contributed by atoms with E-state index in [4.69, 9.17) is 30.9 Å². The Bertz CT molecular complexity index is 2080. The van der Waals surface area contributed by atoms with Gasteiger partial charge in [-0.3, -0.25) is 14.3 Å². The van der Waals surface area contributed by atoms with Gasteiger partial charge in [-0.1, -0.05) is 17.7 Å². The second-order valence-corrected chi connectivity index (χ2v) is 14.1. The molecule has 0 bridgehead atoms. The molecule has 16 heteroatoms. The van der Waals surface area contributed by atoms with E-state index < -0.39 is 35.5 Å². The predicted molar refractivity (Wildman–Crippen MR) is 188 cm³/mol. The van der Waals surface area contributed by atoms with Gasteiger partial charge < -0.3 is 28.5 Å². The number of carboxylic acids is 1. The molecule has 1 atom stereocenters. The topological polar surface area (TPSA) is 139 Å². The van der Waals surface area contributed by atoms with Gasteiger partial charge in [0.25, 0.3) is 0 Å². The Balaban J connectivity index is 1.52. The smallest absolute Gasteiger partial charge is 0.437 e. The van der Waals surface area contributed by atoms with Crippen LogP contribution < -0.4 is 15.1 Å². The molecule has 0 radical (unpaired) electrons. The monoisotopic (exact) mass is 759 g/mol. The molecule has 12 nitrogen and oxygen atoms in total. The van der Waals surface area contributed by atoms with Gasteiger partial charge in [0.15, 0.2) is 11.5 Å². The van der Waals surface area contributed by atoms with E-state index in [1.165, 1.54) is 16.9 Å². The van der Waals surface area contributed by atoms with Crippen LogP contribution in [0.2, 0.25) is 5.02 Å². The zero-order valence-electron chi connectivity index (χ0n) is 30.0. The molecule has 53 heavy (non-hydrogen) atoms. The van der Waals surface area contributed by atoms with E-state index in [0.29, 0.717) is 34.7 Å². The van der Waals surface area contributed by atoms with Crippen molar-refractivity contribution in [1.82, 2.24) is 18.9 Å². The van der Waals surface area contributed by atoms with Crippen LogP contribution in [-0.4, -0.2) is 60.7 Å². The molecular formula is C37H41ClF3N5O7. The fraction of sp³-hybridized carbons (Fsp3) is 0.432. The number of amides is 1. The van der Waals surface area contributed by atoms with Gasteiger partial charge in [-0.25, -0.2) is 4.79 Å². The Hall–Kier alpha value is -5.05. The third kappa shape index (κ3) is 9.69. The van der Waals surface area contributed by atoms with Gasteiger partial charge in [-0.15, -0.1) is 4.99 Å². The van der Waals surface area contributed by atoms with Crippen LogP contribution in [0.15, 0.2) is 53.9 Å². The number of halogens is 4. The maximum Gasteiger partial charge on any atom is 0.437 e. The van der Waals surface area contributed by atoms with Crippen LogP contribution in [0.4, 0.5) is 18.0 Å². The number of carboxylic acid groups (broad SMARTS) is 1. The highest BCUT2D eigenvalue weighted by atomic mass is 35.5. The number of Topliss-reactive ketones (excluding diaryl/α,β-unsaturated/α-hetero) is 1. The Morgan fingerprint density at radius 1 is 1.08 bits per heavy atom. The summed E-state index contributed by atoms with van der Waals surface area (Å²) in [5.74, 6) is -1.51. The van der Waals surface area contributed by atoms with Crippen molar-refractivity contribution in [2.45, 2.75) is 78.2 Å². The molecule has 0 fully saturated rings. The number of fused-ring (bicyclic) bond motifs is 1. The maximum absolute atomic E-state index is 14.4. The second-order valence-electron chi connectivity index (χ2n) is 13.7. The Kier molecular flexibility index (Phi) is 11.8. The second kappa shape index (κ2) is 15.9. The number of carbonyl (C=O) groups is 3. The van der Waals surface area contributed by atoms with Crippen molar-refractivity contribution in [2.24, 2.45) is 18.0 Å². The van der Waals surface area contributed by atoms with Gasteiger partial charge in [-0.05, 0) is 82.3 Å². The molecule has 1 aliphatic rings. The minimum absolute atomic E-state index is 0.0226. The molecule has 284 valence electrons. The number of aryl methyl sites for hydroxylation is 2. The van der Waals surface area contributed by atoms with Crippen molar-refractivity contribution in [3.8, 4) is 22.6 Å². The molecular weight excluding hydrogens is 719 g/mol. The van der Waals surface area contributed by atoms with Crippen LogP contribution in [-0.2, 0) is 42.3 Å². The highest BCUT2D eigenvalue weighted by molar-refractivity contribution is 6.32. The molecule has 0 spiro atoms. The molecule has 0 saturated carbocycles. The van der Waals surface area contributed by atoms with E-state index in [0.717, 1.165) is 0 Å². The number of nitrogens with zero attached hydrogens (tertiary/aromatic N) is 5. The predicted octanol–water partition coefficient (Wildman–Crippen LogP) is 7.33. The Labute approximate surface area is 308 Å². The lowest BCUT2D eigenvalue weighted by Crippen LogP contribution is -2.31. The average Bonchev–Trinajstić information content (AvgIpc) is 3.66. The number of aromatic nitrogens is 4. The number of benzene rings is 2. The summed E-state index contributed by atoms with van der Waals surface area (Å²) >= 11 is 6.35. The Morgan fingerprint density at radius 3 is 2.49 bits per heavy atom. The molecule has 1 amide bonds. The van der Waals surface area contributed by atoms with Gasteiger partial charge in [0.05, 0.1) is 36.3 Å². The largest absolute Gasteiger partial charge is 0.492 e. The Morgan fingerprint density at radius 2 is 1.81 bits per heavy atom. The first-order valence-electron chi connectivity index (χ1n) is 17.0. The third-order valence-corrected chi connectivity index (χ3v) is 8.67. The molecule has 4 aromatic rings. The van der Waals surface area contributed by atoms with Gasteiger partial charge in [-0.2, -0.15) is 18.3 Å². The average molecular weight is 760 g/mol. The lowest BCUT2D eigenvalue weighted by Gasteiger charge is -2.27. The van der Waals surface area contributed by atoms with Crippen molar-refractivity contribution < 1.29 is 46.9 Å². The van der Waals surface area contributed by atoms with E-state index in [-0.39, 0.29) is 73.0 Å². The van der Waals surface area contributed by atoms with Crippen molar-refractivity contribution in [2.75, 3.05) is 13.2 Å². The number of unbranched alkanes of at least 4 members (excludes halogenated alkanes) is 1. The number of rotatable bonds is 12. The molecule has 0 aliphatic carbocycles. The lowest BCUT2D eigenvalue weighted by molar-refractivity contribution is -0.141. The van der Waals surface area contributed by atoms with E-state index >= 15 is 0 Å². The normalized spacial score (nSPS) is 14.9. The molecule has 2 aromatic carbocycles. The summed E-state index contributed by atoms with van der Waals surface area (Å²) in [6.07, 6.45) is 0.198. The lowest BCUT2D eigenvalue weighted by atomic mass is 9.86. The summed E-state index contributed by atoms with van der Waals surface area (Å²) < 4.78 is 64.8.